The van der Waals surface area contributed by atoms with Crippen molar-refractivity contribution in [3.05, 3.63) is 41.2 Å². The Morgan fingerprint density at radius 2 is 1.88 bits per heavy atom. The van der Waals surface area contributed by atoms with E-state index in [0.29, 0.717) is 17.4 Å². The smallest absolute Gasteiger partial charge is 0.284 e. The van der Waals surface area contributed by atoms with Gasteiger partial charge in [0, 0.05) is 5.69 Å². The average molecular weight is 330 g/mol. The Hall–Kier alpha value is -2.30. The van der Waals surface area contributed by atoms with E-state index in [9.17, 15) is 4.79 Å². The summed E-state index contributed by atoms with van der Waals surface area (Å²) in [6, 6.07) is 7.28. The molecule has 2 rings (SSSR count). The minimum Gasteiger partial charge on any atom is -0.493 e. The lowest BCUT2D eigenvalue weighted by molar-refractivity contribution is 0.0816. The van der Waals surface area contributed by atoms with E-state index in [1.807, 2.05) is 26.0 Å². The number of hydrogen-bond acceptors (Lipinski definition) is 4. The first-order valence-corrected chi connectivity index (χ1v) is 8.28. The summed E-state index contributed by atoms with van der Waals surface area (Å²) in [5.74, 6) is 1.60. The highest BCUT2D eigenvalue weighted by Gasteiger charge is 2.17. The molecule has 0 aliphatic heterocycles. The standard InChI is InChI=1S/C19H26N2O3/c1-13(2)10-11-16-14(3)20-21(15(16)4)19(22)12-24-18-9-7-6-8-17(18)23-5/h6-9,13H,10-12H2,1-5H3. The second-order valence-electron chi connectivity index (χ2n) is 6.33. The molecule has 0 aliphatic rings. The largest absolute Gasteiger partial charge is 0.493 e. The van der Waals surface area contributed by atoms with Crippen molar-refractivity contribution in [3.8, 4) is 11.5 Å². The van der Waals surface area contributed by atoms with Crippen molar-refractivity contribution >= 4 is 5.91 Å². The van der Waals surface area contributed by atoms with Crippen molar-refractivity contribution in [2.24, 2.45) is 5.92 Å². The minimum atomic E-state index is -0.183. The number of nitrogens with zero attached hydrogens (tertiary/aromatic N) is 2. The van der Waals surface area contributed by atoms with E-state index in [-0.39, 0.29) is 12.5 Å². The maximum absolute atomic E-state index is 12.5. The Labute approximate surface area is 143 Å². The van der Waals surface area contributed by atoms with Gasteiger partial charge in [0.1, 0.15) is 0 Å². The summed E-state index contributed by atoms with van der Waals surface area (Å²) in [5, 5.41) is 4.40. The molecular formula is C19H26N2O3. The van der Waals surface area contributed by atoms with Gasteiger partial charge in [0.25, 0.3) is 5.91 Å². The normalized spacial score (nSPS) is 10.9. The highest BCUT2D eigenvalue weighted by atomic mass is 16.5. The number of benzene rings is 1. The number of rotatable bonds is 7. The molecule has 1 aromatic carbocycles. The molecule has 0 spiro atoms. The Kier molecular flexibility index (Phi) is 6.01. The van der Waals surface area contributed by atoms with Gasteiger partial charge < -0.3 is 9.47 Å². The number of methoxy groups -OCH3 is 1. The summed E-state index contributed by atoms with van der Waals surface area (Å²) in [6.45, 7) is 8.21. The molecule has 5 nitrogen and oxygen atoms in total. The second kappa shape index (κ2) is 7.99. The van der Waals surface area contributed by atoms with Crippen molar-refractivity contribution in [3.63, 3.8) is 0 Å². The van der Waals surface area contributed by atoms with Crippen molar-refractivity contribution in [1.82, 2.24) is 9.78 Å². The first kappa shape index (κ1) is 18.0. The van der Waals surface area contributed by atoms with E-state index in [1.165, 1.54) is 4.68 Å². The van der Waals surface area contributed by atoms with Crippen molar-refractivity contribution in [2.45, 2.75) is 40.5 Å². The first-order chi connectivity index (χ1) is 11.4. The second-order valence-corrected chi connectivity index (χ2v) is 6.33. The number of hydrogen-bond donors (Lipinski definition) is 0. The molecule has 0 bridgehead atoms. The molecule has 0 fully saturated rings. The van der Waals surface area contributed by atoms with Crippen LogP contribution in [0.1, 0.15) is 42.0 Å². The Bertz CT molecular complexity index is 705. The van der Waals surface area contributed by atoms with Crippen LogP contribution >= 0.6 is 0 Å². The van der Waals surface area contributed by atoms with Gasteiger partial charge in [-0.25, -0.2) is 4.68 Å². The number of carbonyl (C=O) groups is 1. The van der Waals surface area contributed by atoms with Crippen LogP contribution in [0.2, 0.25) is 0 Å². The number of para-hydroxylation sites is 2. The molecule has 0 aliphatic carbocycles. The Morgan fingerprint density at radius 1 is 1.21 bits per heavy atom. The summed E-state index contributed by atoms with van der Waals surface area (Å²) < 4.78 is 12.3. The van der Waals surface area contributed by atoms with Gasteiger partial charge in [-0.15, -0.1) is 0 Å². The van der Waals surface area contributed by atoms with Crippen LogP contribution in [-0.2, 0) is 6.42 Å². The maximum atomic E-state index is 12.5. The van der Waals surface area contributed by atoms with Crippen molar-refractivity contribution < 1.29 is 14.3 Å². The van der Waals surface area contributed by atoms with Gasteiger partial charge in [-0.05, 0) is 50.3 Å². The molecule has 5 heteroatoms. The number of aryl methyl sites for hydroxylation is 1. The molecule has 0 unspecified atom stereocenters. The topological polar surface area (TPSA) is 53.4 Å². The highest BCUT2D eigenvalue weighted by molar-refractivity contribution is 5.80. The average Bonchev–Trinajstić information content (AvgIpc) is 2.85. The van der Waals surface area contributed by atoms with Crippen LogP contribution in [0.3, 0.4) is 0 Å². The molecule has 1 heterocycles. The van der Waals surface area contributed by atoms with Crippen LogP contribution in [-0.4, -0.2) is 29.4 Å². The predicted molar refractivity (Wildman–Crippen MR) is 94.0 cm³/mol. The fraction of sp³-hybridized carbons (Fsp3) is 0.474. The van der Waals surface area contributed by atoms with Gasteiger partial charge in [-0.2, -0.15) is 5.10 Å². The van der Waals surface area contributed by atoms with Gasteiger partial charge in [0.15, 0.2) is 18.1 Å². The molecule has 0 atom stereocenters. The first-order valence-electron chi connectivity index (χ1n) is 8.28. The lowest BCUT2D eigenvalue weighted by atomic mass is 10.0. The van der Waals surface area contributed by atoms with Gasteiger partial charge in [0.05, 0.1) is 12.8 Å². The monoisotopic (exact) mass is 330 g/mol. The molecule has 2 aromatic rings. The quantitative estimate of drug-likeness (QED) is 0.774. The van der Waals surface area contributed by atoms with Crippen molar-refractivity contribution in [1.29, 1.82) is 0 Å². The van der Waals surface area contributed by atoms with E-state index in [4.69, 9.17) is 9.47 Å². The third-order valence-electron chi connectivity index (χ3n) is 4.07. The summed E-state index contributed by atoms with van der Waals surface area (Å²) in [7, 11) is 1.58. The maximum Gasteiger partial charge on any atom is 0.284 e. The fourth-order valence-corrected chi connectivity index (χ4v) is 2.65. The molecule has 130 valence electrons. The fourth-order valence-electron chi connectivity index (χ4n) is 2.65. The zero-order valence-electron chi connectivity index (χ0n) is 15.1. The highest BCUT2D eigenvalue weighted by Crippen LogP contribution is 2.25. The molecular weight excluding hydrogens is 304 g/mol. The zero-order chi connectivity index (χ0) is 17.7. The molecule has 0 N–H and O–H groups in total. The van der Waals surface area contributed by atoms with Gasteiger partial charge in [0.2, 0.25) is 0 Å². The van der Waals surface area contributed by atoms with E-state index < -0.39 is 0 Å². The third-order valence-corrected chi connectivity index (χ3v) is 4.07. The summed E-state index contributed by atoms with van der Waals surface area (Å²) >= 11 is 0. The molecule has 0 radical (unpaired) electrons. The Morgan fingerprint density at radius 3 is 2.50 bits per heavy atom. The van der Waals surface area contributed by atoms with Gasteiger partial charge in [-0.1, -0.05) is 26.0 Å². The number of aromatic nitrogens is 2. The summed E-state index contributed by atoms with van der Waals surface area (Å²) in [4.78, 5) is 12.5. The van der Waals surface area contributed by atoms with E-state index in [0.717, 1.165) is 29.8 Å². The molecule has 0 saturated carbocycles. The predicted octanol–water partition coefficient (Wildman–Crippen LogP) is 3.82. The van der Waals surface area contributed by atoms with Gasteiger partial charge >= 0.3 is 0 Å². The minimum absolute atomic E-state index is 0.0774. The van der Waals surface area contributed by atoms with Crippen LogP contribution in [0.25, 0.3) is 0 Å². The zero-order valence-corrected chi connectivity index (χ0v) is 15.1. The van der Waals surface area contributed by atoms with E-state index in [1.54, 1.807) is 19.2 Å². The third kappa shape index (κ3) is 4.16. The lowest BCUT2D eigenvalue weighted by Gasteiger charge is -2.10. The van der Waals surface area contributed by atoms with Crippen LogP contribution in [0.15, 0.2) is 24.3 Å². The Balaban J connectivity index is 2.08. The van der Waals surface area contributed by atoms with E-state index >= 15 is 0 Å². The molecule has 0 saturated heterocycles. The number of carbonyl (C=O) groups excluding carboxylic acids is 1. The van der Waals surface area contributed by atoms with Crippen LogP contribution in [0, 0.1) is 19.8 Å². The SMILES string of the molecule is COc1ccccc1OCC(=O)n1nc(C)c(CCC(C)C)c1C. The van der Waals surface area contributed by atoms with Crippen LogP contribution < -0.4 is 9.47 Å². The number of ether oxygens (including phenoxy) is 2. The summed E-state index contributed by atoms with van der Waals surface area (Å²) in [6.07, 6.45) is 2.02. The lowest BCUT2D eigenvalue weighted by Crippen LogP contribution is -2.22. The van der Waals surface area contributed by atoms with Crippen LogP contribution in [0.4, 0.5) is 0 Å². The van der Waals surface area contributed by atoms with Crippen LogP contribution in [0.5, 0.6) is 11.5 Å². The molecule has 1 aromatic heterocycles. The van der Waals surface area contributed by atoms with Crippen molar-refractivity contribution in [2.75, 3.05) is 13.7 Å². The van der Waals surface area contributed by atoms with E-state index in [2.05, 4.69) is 18.9 Å². The summed E-state index contributed by atoms with van der Waals surface area (Å²) in [5.41, 5.74) is 2.98. The van der Waals surface area contributed by atoms with Gasteiger partial charge in [-0.3, -0.25) is 4.79 Å². The molecule has 24 heavy (non-hydrogen) atoms. The molecule has 0 amide bonds.